The number of nitrogens with zero attached hydrogens (tertiary/aromatic N) is 1. The van der Waals surface area contributed by atoms with Gasteiger partial charge in [-0.15, -0.1) is 0 Å². The van der Waals surface area contributed by atoms with Gasteiger partial charge in [-0.3, -0.25) is 14.9 Å². The first kappa shape index (κ1) is 19.1. The maximum atomic E-state index is 12.9. The highest BCUT2D eigenvalue weighted by atomic mass is 79.9. The van der Waals surface area contributed by atoms with Crippen molar-refractivity contribution in [3.63, 3.8) is 0 Å². The molecular formula is C19H14BrClN2O4. The third kappa shape index (κ3) is 4.04. The van der Waals surface area contributed by atoms with Gasteiger partial charge in [-0.25, -0.2) is 9.69 Å². The van der Waals surface area contributed by atoms with E-state index < -0.39 is 17.8 Å². The predicted octanol–water partition coefficient (Wildman–Crippen LogP) is 4.17. The maximum Gasteiger partial charge on any atom is 0.335 e. The van der Waals surface area contributed by atoms with Crippen molar-refractivity contribution in [1.29, 1.82) is 0 Å². The van der Waals surface area contributed by atoms with E-state index in [-0.39, 0.29) is 11.3 Å². The summed E-state index contributed by atoms with van der Waals surface area (Å²) < 4.78 is 6.30. The van der Waals surface area contributed by atoms with Crippen LogP contribution in [0.4, 0.5) is 10.5 Å². The fourth-order valence-corrected chi connectivity index (χ4v) is 3.15. The first-order chi connectivity index (χ1) is 12.9. The van der Waals surface area contributed by atoms with E-state index in [0.29, 0.717) is 22.9 Å². The molecule has 0 unspecified atom stereocenters. The summed E-state index contributed by atoms with van der Waals surface area (Å²) in [4.78, 5) is 38.3. The van der Waals surface area contributed by atoms with E-state index in [4.69, 9.17) is 16.3 Å². The minimum Gasteiger partial charge on any atom is -0.493 e. The molecule has 138 valence electrons. The summed E-state index contributed by atoms with van der Waals surface area (Å²) >= 11 is 9.31. The van der Waals surface area contributed by atoms with Gasteiger partial charge in [0.15, 0.2) is 0 Å². The Balaban J connectivity index is 2.06. The molecule has 0 saturated carbocycles. The van der Waals surface area contributed by atoms with Crippen LogP contribution in [0.15, 0.2) is 52.5 Å². The molecule has 0 radical (unpaired) electrons. The summed E-state index contributed by atoms with van der Waals surface area (Å²) in [7, 11) is 0. The van der Waals surface area contributed by atoms with Gasteiger partial charge >= 0.3 is 6.03 Å². The zero-order chi connectivity index (χ0) is 19.6. The van der Waals surface area contributed by atoms with Crippen LogP contribution in [-0.4, -0.2) is 24.5 Å². The van der Waals surface area contributed by atoms with Crippen LogP contribution in [0, 0.1) is 0 Å². The van der Waals surface area contributed by atoms with Crippen molar-refractivity contribution in [2.24, 2.45) is 0 Å². The number of benzene rings is 2. The van der Waals surface area contributed by atoms with Crippen molar-refractivity contribution >= 4 is 57.1 Å². The number of rotatable bonds is 4. The average molecular weight is 450 g/mol. The highest BCUT2D eigenvalue weighted by Crippen LogP contribution is 2.28. The molecule has 0 atom stereocenters. The Morgan fingerprint density at radius 2 is 1.96 bits per heavy atom. The minimum absolute atomic E-state index is 0.186. The summed E-state index contributed by atoms with van der Waals surface area (Å²) in [6.45, 7) is 2.25. The number of halogens is 2. The standard InChI is InChI=1S/C19H14BrClN2O4/c1-2-27-16-7-6-12(20)8-11(16)9-15-17(24)22-19(26)23(18(15)25)14-5-3-4-13(21)10-14/h3-10H,2H2,1H3,(H,22,24,26)/b15-9+. The van der Waals surface area contributed by atoms with Crippen LogP contribution in [0.3, 0.4) is 0 Å². The van der Waals surface area contributed by atoms with Crippen molar-refractivity contribution in [1.82, 2.24) is 5.32 Å². The van der Waals surface area contributed by atoms with Gasteiger partial charge < -0.3 is 4.74 Å². The predicted molar refractivity (Wildman–Crippen MR) is 106 cm³/mol. The van der Waals surface area contributed by atoms with Crippen LogP contribution in [0.2, 0.25) is 5.02 Å². The number of imide groups is 2. The Morgan fingerprint density at radius 3 is 2.67 bits per heavy atom. The summed E-state index contributed by atoms with van der Waals surface area (Å²) in [5, 5.41) is 2.54. The number of urea groups is 1. The smallest absolute Gasteiger partial charge is 0.335 e. The quantitative estimate of drug-likeness (QED) is 0.561. The lowest BCUT2D eigenvalue weighted by Crippen LogP contribution is -2.54. The number of nitrogens with one attached hydrogen (secondary N) is 1. The van der Waals surface area contributed by atoms with Crippen molar-refractivity contribution in [2.75, 3.05) is 11.5 Å². The van der Waals surface area contributed by atoms with Crippen LogP contribution in [0.5, 0.6) is 5.75 Å². The van der Waals surface area contributed by atoms with Crippen LogP contribution < -0.4 is 15.0 Å². The van der Waals surface area contributed by atoms with E-state index in [0.717, 1.165) is 9.37 Å². The number of carbonyl (C=O) groups excluding carboxylic acids is 3. The molecule has 4 amide bonds. The largest absolute Gasteiger partial charge is 0.493 e. The number of anilines is 1. The van der Waals surface area contributed by atoms with Gasteiger partial charge in [-0.05, 0) is 49.4 Å². The van der Waals surface area contributed by atoms with Crippen LogP contribution in [-0.2, 0) is 9.59 Å². The molecule has 1 fully saturated rings. The van der Waals surface area contributed by atoms with Crippen LogP contribution in [0.25, 0.3) is 6.08 Å². The van der Waals surface area contributed by atoms with Gasteiger partial charge in [0, 0.05) is 15.1 Å². The number of ether oxygens (including phenoxy) is 1. The topological polar surface area (TPSA) is 75.7 Å². The first-order valence-corrected chi connectivity index (χ1v) is 9.17. The fourth-order valence-electron chi connectivity index (χ4n) is 2.58. The maximum absolute atomic E-state index is 12.9. The number of barbiturate groups is 1. The zero-order valence-electron chi connectivity index (χ0n) is 14.2. The second kappa shape index (κ2) is 7.94. The van der Waals surface area contributed by atoms with E-state index in [9.17, 15) is 14.4 Å². The lowest BCUT2D eigenvalue weighted by Gasteiger charge is -2.26. The second-order valence-electron chi connectivity index (χ2n) is 5.55. The SMILES string of the molecule is CCOc1ccc(Br)cc1/C=C1\C(=O)NC(=O)N(c2cccc(Cl)c2)C1=O. The lowest BCUT2D eigenvalue weighted by molar-refractivity contribution is -0.122. The number of hydrogen-bond donors (Lipinski definition) is 1. The molecular weight excluding hydrogens is 436 g/mol. The molecule has 2 aromatic carbocycles. The van der Waals surface area contributed by atoms with E-state index in [1.807, 2.05) is 6.92 Å². The summed E-state index contributed by atoms with van der Waals surface area (Å²) in [6, 6.07) is 10.7. The molecule has 6 nitrogen and oxygen atoms in total. The third-order valence-corrected chi connectivity index (χ3v) is 4.47. The molecule has 0 aromatic heterocycles. The van der Waals surface area contributed by atoms with Crippen LogP contribution in [0.1, 0.15) is 12.5 Å². The Morgan fingerprint density at radius 1 is 1.19 bits per heavy atom. The molecule has 1 N–H and O–H groups in total. The highest BCUT2D eigenvalue weighted by Gasteiger charge is 2.37. The molecule has 8 heteroatoms. The van der Waals surface area contributed by atoms with Crippen molar-refractivity contribution in [3.05, 3.63) is 63.1 Å². The molecule has 0 spiro atoms. The molecule has 0 aliphatic carbocycles. The fraction of sp³-hybridized carbons (Fsp3) is 0.105. The van der Waals surface area contributed by atoms with E-state index in [1.54, 1.807) is 36.4 Å². The molecule has 27 heavy (non-hydrogen) atoms. The average Bonchev–Trinajstić information content (AvgIpc) is 2.61. The first-order valence-electron chi connectivity index (χ1n) is 8.00. The van der Waals surface area contributed by atoms with Gasteiger partial charge in [0.05, 0.1) is 12.3 Å². The molecule has 1 saturated heterocycles. The van der Waals surface area contributed by atoms with Crippen molar-refractivity contribution in [2.45, 2.75) is 6.92 Å². The van der Waals surface area contributed by atoms with Crippen molar-refractivity contribution in [3.8, 4) is 5.75 Å². The van der Waals surface area contributed by atoms with E-state index >= 15 is 0 Å². The Kier molecular flexibility index (Phi) is 5.62. The Bertz CT molecular complexity index is 974. The van der Waals surface area contributed by atoms with E-state index in [2.05, 4.69) is 21.2 Å². The normalized spacial score (nSPS) is 15.9. The summed E-state index contributed by atoms with van der Waals surface area (Å²) in [6.07, 6.45) is 1.40. The highest BCUT2D eigenvalue weighted by molar-refractivity contribution is 9.10. The van der Waals surface area contributed by atoms with Gasteiger partial charge in [0.25, 0.3) is 11.8 Å². The third-order valence-electron chi connectivity index (χ3n) is 3.74. The van der Waals surface area contributed by atoms with Crippen molar-refractivity contribution < 1.29 is 19.1 Å². The summed E-state index contributed by atoms with van der Waals surface area (Å²) in [5.74, 6) is -1.00. The van der Waals surface area contributed by atoms with Gasteiger partial charge in [0.2, 0.25) is 0 Å². The van der Waals surface area contributed by atoms with Crippen LogP contribution >= 0.6 is 27.5 Å². The van der Waals surface area contributed by atoms with Gasteiger partial charge in [0.1, 0.15) is 11.3 Å². The molecule has 3 rings (SSSR count). The molecule has 1 aliphatic heterocycles. The van der Waals surface area contributed by atoms with E-state index in [1.165, 1.54) is 12.1 Å². The molecule has 1 heterocycles. The lowest BCUT2D eigenvalue weighted by atomic mass is 10.1. The number of amides is 4. The number of carbonyl (C=O) groups is 3. The zero-order valence-corrected chi connectivity index (χ0v) is 16.5. The molecule has 2 aromatic rings. The van der Waals surface area contributed by atoms with Gasteiger partial charge in [-0.1, -0.05) is 33.6 Å². The number of hydrogen-bond acceptors (Lipinski definition) is 4. The Hall–Kier alpha value is -2.64. The monoisotopic (exact) mass is 448 g/mol. The Labute approximate surface area is 168 Å². The van der Waals surface area contributed by atoms with Gasteiger partial charge in [-0.2, -0.15) is 0 Å². The molecule has 1 aliphatic rings. The minimum atomic E-state index is -0.830. The second-order valence-corrected chi connectivity index (χ2v) is 6.90. The molecule has 0 bridgehead atoms. The summed E-state index contributed by atoms with van der Waals surface area (Å²) in [5.41, 5.74) is 0.612.